The number of halogens is 7. The van der Waals surface area contributed by atoms with E-state index in [2.05, 4.69) is 0 Å². The molecule has 0 saturated carbocycles. The van der Waals surface area contributed by atoms with E-state index in [9.17, 15) is 35.5 Å². The highest BCUT2D eigenvalue weighted by molar-refractivity contribution is 5.84. The fraction of sp³-hybridized carbons (Fsp3) is 0.231. The lowest BCUT2D eigenvalue weighted by molar-refractivity contribution is -0.191. The van der Waals surface area contributed by atoms with Crippen LogP contribution in [0.1, 0.15) is 33.4 Å². The fourth-order valence-corrected chi connectivity index (χ4v) is 3.72. The number of hydrogen-bond acceptors (Lipinski definition) is 3. The molecule has 3 aromatic rings. The molecule has 190 valence electrons. The van der Waals surface area contributed by atoms with E-state index >= 15 is 0 Å². The topological polar surface area (TPSA) is 51.2 Å². The Hall–Kier alpha value is -3.78. The molecular formula is C26H19F7O3. The molecule has 3 aromatic carbocycles. The average molecular weight is 512 g/mol. The second-order valence-electron chi connectivity index (χ2n) is 8.04. The molecule has 0 aliphatic rings. The van der Waals surface area contributed by atoms with Crippen molar-refractivity contribution in [2.24, 2.45) is 0 Å². The normalized spacial score (nSPS) is 10.9. The van der Waals surface area contributed by atoms with Crippen molar-refractivity contribution in [2.75, 3.05) is 0 Å². The number of rotatable bonds is 5. The first-order chi connectivity index (χ1) is 16.7. The minimum absolute atomic E-state index is 0.250. The van der Waals surface area contributed by atoms with E-state index in [1.165, 1.54) is 0 Å². The van der Waals surface area contributed by atoms with Crippen LogP contribution < -0.4 is 0 Å². The Morgan fingerprint density at radius 1 is 0.778 bits per heavy atom. The number of carbonyl (C=O) groups excluding carboxylic acids is 3. The van der Waals surface area contributed by atoms with Gasteiger partial charge in [0.1, 0.15) is 11.3 Å². The molecule has 36 heavy (non-hydrogen) atoms. The van der Waals surface area contributed by atoms with E-state index in [1.807, 2.05) is 38.1 Å². The second-order valence-corrected chi connectivity index (χ2v) is 8.04. The van der Waals surface area contributed by atoms with Gasteiger partial charge >= 0.3 is 12.3 Å². The molecule has 0 aromatic heterocycles. The fourth-order valence-electron chi connectivity index (χ4n) is 3.72. The van der Waals surface area contributed by atoms with Gasteiger partial charge in [-0.15, -0.1) is 0 Å². The van der Waals surface area contributed by atoms with Crippen LogP contribution >= 0.6 is 0 Å². The van der Waals surface area contributed by atoms with Crippen LogP contribution in [0.2, 0.25) is 0 Å². The Morgan fingerprint density at radius 3 is 1.83 bits per heavy atom. The summed E-state index contributed by atoms with van der Waals surface area (Å²) in [6.45, 7) is 5.58. The summed E-state index contributed by atoms with van der Waals surface area (Å²) in [5.41, 5.74) is 0.962. The van der Waals surface area contributed by atoms with Crippen molar-refractivity contribution in [3.8, 4) is 11.1 Å². The van der Waals surface area contributed by atoms with Crippen LogP contribution in [0.3, 0.4) is 0 Å². The van der Waals surface area contributed by atoms with Crippen LogP contribution in [-0.4, -0.2) is 11.9 Å². The molecule has 0 amide bonds. The molecule has 0 saturated heterocycles. The van der Waals surface area contributed by atoms with Crippen LogP contribution in [-0.2, 0) is 33.4 Å². The first kappa shape index (κ1) is 28.5. The SMILES string of the molecule is Cc1ccc(-c2ccc(C)c(CC(=O)Cc3c(F)c(F)c(C(F)(F)F)c(F)c3F)c2)c(C)c1.O=C=O. The summed E-state index contributed by atoms with van der Waals surface area (Å²) in [6, 6.07) is 11.2. The largest absolute Gasteiger partial charge is 0.422 e. The van der Waals surface area contributed by atoms with Crippen molar-refractivity contribution >= 4 is 11.9 Å². The first-order valence-corrected chi connectivity index (χ1v) is 10.3. The number of ketones is 1. The average Bonchev–Trinajstić information content (AvgIpc) is 2.77. The monoisotopic (exact) mass is 512 g/mol. The number of benzene rings is 3. The van der Waals surface area contributed by atoms with E-state index in [4.69, 9.17) is 9.59 Å². The van der Waals surface area contributed by atoms with Crippen molar-refractivity contribution in [1.82, 2.24) is 0 Å². The molecule has 10 heteroatoms. The van der Waals surface area contributed by atoms with E-state index in [0.717, 1.165) is 22.3 Å². The molecule has 3 rings (SSSR count). The van der Waals surface area contributed by atoms with Gasteiger partial charge in [0.2, 0.25) is 0 Å². The summed E-state index contributed by atoms with van der Waals surface area (Å²) in [4.78, 5) is 28.8. The standard InChI is InChI=1S/C25H19F7O.CO2/c1-12-4-7-18(14(3)8-12)15-6-5-13(2)16(9-15)10-17(33)11-19-21(26)23(28)20(25(30,31)32)24(29)22(19)27;2-1-3/h4-9H,10-11H2,1-3H3;. The van der Waals surface area contributed by atoms with Gasteiger partial charge in [0, 0.05) is 18.4 Å². The quantitative estimate of drug-likeness (QED) is 0.285. The lowest BCUT2D eigenvalue weighted by atomic mass is 9.92. The highest BCUT2D eigenvalue weighted by Gasteiger charge is 2.42. The van der Waals surface area contributed by atoms with E-state index < -0.39 is 52.8 Å². The van der Waals surface area contributed by atoms with Crippen LogP contribution in [0.5, 0.6) is 0 Å². The van der Waals surface area contributed by atoms with E-state index in [1.54, 1.807) is 19.1 Å². The van der Waals surface area contributed by atoms with Crippen LogP contribution in [0, 0.1) is 44.0 Å². The molecule has 0 spiro atoms. The van der Waals surface area contributed by atoms with Gasteiger partial charge in [-0.05, 0) is 48.6 Å². The van der Waals surface area contributed by atoms with E-state index in [0.29, 0.717) is 11.1 Å². The summed E-state index contributed by atoms with van der Waals surface area (Å²) < 4.78 is 94.2. The van der Waals surface area contributed by atoms with Crippen molar-refractivity contribution < 1.29 is 45.1 Å². The Kier molecular flexibility index (Phi) is 8.94. The number of alkyl halides is 3. The van der Waals surface area contributed by atoms with Crippen molar-refractivity contribution in [3.63, 3.8) is 0 Å². The van der Waals surface area contributed by atoms with Gasteiger partial charge in [0.05, 0.1) is 0 Å². The Bertz CT molecular complexity index is 1310. The number of aryl methyl sites for hydroxylation is 3. The van der Waals surface area contributed by atoms with Crippen LogP contribution in [0.15, 0.2) is 36.4 Å². The summed E-state index contributed by atoms with van der Waals surface area (Å²) in [6.07, 6.45) is -6.81. The van der Waals surface area contributed by atoms with Crippen LogP contribution in [0.25, 0.3) is 11.1 Å². The van der Waals surface area contributed by atoms with Crippen LogP contribution in [0.4, 0.5) is 30.7 Å². The molecule has 0 heterocycles. The maximum atomic E-state index is 14.1. The summed E-state index contributed by atoms with van der Waals surface area (Å²) >= 11 is 0. The van der Waals surface area contributed by atoms with Crippen molar-refractivity contribution in [3.05, 3.63) is 93.0 Å². The molecule has 0 radical (unpaired) electrons. The van der Waals surface area contributed by atoms with Gasteiger partial charge in [0.15, 0.2) is 23.3 Å². The van der Waals surface area contributed by atoms with Gasteiger partial charge in [-0.3, -0.25) is 4.79 Å². The highest BCUT2D eigenvalue weighted by atomic mass is 19.4. The maximum Gasteiger partial charge on any atom is 0.422 e. The summed E-state index contributed by atoms with van der Waals surface area (Å²) in [7, 11) is 0. The lowest BCUT2D eigenvalue weighted by Gasteiger charge is -2.14. The second kappa shape index (κ2) is 11.3. The zero-order valence-corrected chi connectivity index (χ0v) is 19.2. The minimum atomic E-state index is -5.63. The van der Waals surface area contributed by atoms with Crippen molar-refractivity contribution in [1.29, 1.82) is 0 Å². The molecule has 0 aliphatic heterocycles. The Balaban J connectivity index is 0.00000145. The van der Waals surface area contributed by atoms with Gasteiger partial charge < -0.3 is 0 Å². The molecule has 0 atom stereocenters. The minimum Gasteiger partial charge on any atom is -0.299 e. The molecule has 0 aliphatic carbocycles. The number of carbonyl (C=O) groups is 1. The Labute approximate surface area is 201 Å². The van der Waals surface area contributed by atoms with Gasteiger partial charge in [-0.2, -0.15) is 22.8 Å². The number of Topliss-reactive ketones (excluding diaryl/α,β-unsaturated/α-hetero) is 1. The predicted octanol–water partition coefficient (Wildman–Crippen LogP) is 6.62. The molecule has 3 nitrogen and oxygen atoms in total. The smallest absolute Gasteiger partial charge is 0.299 e. The predicted molar refractivity (Wildman–Crippen MR) is 115 cm³/mol. The Morgan fingerprint density at radius 2 is 1.33 bits per heavy atom. The lowest BCUT2D eigenvalue weighted by Crippen LogP contribution is -2.19. The number of hydrogen-bond donors (Lipinski definition) is 0. The van der Waals surface area contributed by atoms with E-state index in [-0.39, 0.29) is 12.6 Å². The van der Waals surface area contributed by atoms with Gasteiger partial charge in [-0.25, -0.2) is 17.6 Å². The maximum absolute atomic E-state index is 14.1. The molecule has 0 unspecified atom stereocenters. The summed E-state index contributed by atoms with van der Waals surface area (Å²) in [5.74, 6) is -10.4. The molecule has 0 fully saturated rings. The third kappa shape index (κ3) is 6.26. The highest BCUT2D eigenvalue weighted by Crippen LogP contribution is 2.37. The van der Waals surface area contributed by atoms with Crippen molar-refractivity contribution in [2.45, 2.75) is 39.8 Å². The molecule has 0 N–H and O–H groups in total. The first-order valence-electron chi connectivity index (χ1n) is 10.3. The summed E-state index contributed by atoms with van der Waals surface area (Å²) in [5, 5.41) is 0. The molecular weight excluding hydrogens is 493 g/mol. The third-order valence-electron chi connectivity index (χ3n) is 5.44. The zero-order valence-electron chi connectivity index (χ0n) is 19.2. The third-order valence-corrected chi connectivity index (χ3v) is 5.44. The zero-order chi connectivity index (χ0) is 27.4. The van der Waals surface area contributed by atoms with Gasteiger partial charge in [0.25, 0.3) is 0 Å². The van der Waals surface area contributed by atoms with Gasteiger partial charge in [-0.1, -0.05) is 42.0 Å². The molecule has 0 bridgehead atoms.